The molecule has 27 heavy (non-hydrogen) atoms. The monoisotopic (exact) mass is 411 g/mol. The molecule has 0 spiro atoms. The summed E-state index contributed by atoms with van der Waals surface area (Å²) in [6.07, 6.45) is 2.27. The summed E-state index contributed by atoms with van der Waals surface area (Å²) in [5.74, 6) is 0.297. The number of benzene rings is 1. The number of hydrogen-bond acceptors (Lipinski definition) is 4. The lowest BCUT2D eigenvalue weighted by atomic mass is 10.2. The molecule has 0 bridgehead atoms. The van der Waals surface area contributed by atoms with E-state index in [-0.39, 0.29) is 16.8 Å². The zero-order chi connectivity index (χ0) is 19.8. The van der Waals surface area contributed by atoms with Gasteiger partial charge < -0.3 is 14.2 Å². The van der Waals surface area contributed by atoms with Gasteiger partial charge in [0.15, 0.2) is 0 Å². The Morgan fingerprint density at radius 3 is 2.59 bits per heavy atom. The second-order valence-electron chi connectivity index (χ2n) is 6.66. The van der Waals surface area contributed by atoms with E-state index in [1.807, 2.05) is 13.8 Å². The van der Waals surface area contributed by atoms with Gasteiger partial charge in [0.25, 0.3) is 15.9 Å². The van der Waals surface area contributed by atoms with E-state index in [1.54, 1.807) is 21.6 Å². The number of ether oxygens (including phenoxy) is 1. The van der Waals surface area contributed by atoms with Gasteiger partial charge in [-0.15, -0.1) is 0 Å². The molecule has 3 rings (SSSR count). The molecule has 1 aromatic carbocycles. The summed E-state index contributed by atoms with van der Waals surface area (Å²) in [7, 11) is -2.37. The van der Waals surface area contributed by atoms with Crippen LogP contribution in [-0.2, 0) is 16.6 Å². The van der Waals surface area contributed by atoms with Crippen molar-refractivity contribution < 1.29 is 17.9 Å². The first-order valence-electron chi connectivity index (χ1n) is 8.60. The second-order valence-corrected chi connectivity index (χ2v) is 8.74. The van der Waals surface area contributed by atoms with Crippen LogP contribution in [0.15, 0.2) is 35.4 Å². The van der Waals surface area contributed by atoms with Gasteiger partial charge >= 0.3 is 0 Å². The third-order valence-corrected chi connectivity index (χ3v) is 6.13. The average molecular weight is 412 g/mol. The number of aromatic nitrogens is 1. The Balaban J connectivity index is 1.90. The molecular weight excluding hydrogens is 390 g/mol. The van der Waals surface area contributed by atoms with Crippen molar-refractivity contribution in [3.8, 4) is 5.75 Å². The number of sulfonamides is 1. The number of nitrogens with one attached hydrogen (secondary N) is 1. The molecule has 0 radical (unpaired) electrons. The summed E-state index contributed by atoms with van der Waals surface area (Å²) in [5, 5.41) is 0.299. The van der Waals surface area contributed by atoms with Crippen LogP contribution in [0.4, 0.5) is 5.69 Å². The number of halogens is 1. The SMILES string of the molecule is COc1ccc(NS(=O)(=O)c2cc3n(c2)CCCN(C(C)C)C3=O)cc1Cl. The van der Waals surface area contributed by atoms with Gasteiger partial charge in [-0.1, -0.05) is 11.6 Å². The maximum absolute atomic E-state index is 12.8. The standard InChI is InChI=1S/C18H22ClN3O4S/c1-12(2)22-8-4-7-21-11-14(10-16(21)18(22)23)27(24,25)20-13-5-6-17(26-3)15(19)9-13/h5-6,9-12,20H,4,7-8H2,1-3H3. The van der Waals surface area contributed by atoms with E-state index < -0.39 is 10.0 Å². The van der Waals surface area contributed by atoms with Crippen molar-refractivity contribution in [2.75, 3.05) is 18.4 Å². The lowest BCUT2D eigenvalue weighted by molar-refractivity contribution is 0.0709. The van der Waals surface area contributed by atoms with E-state index in [4.69, 9.17) is 16.3 Å². The number of carbonyl (C=O) groups excluding carboxylic acids is 1. The van der Waals surface area contributed by atoms with Crippen LogP contribution in [0.3, 0.4) is 0 Å². The van der Waals surface area contributed by atoms with E-state index in [0.29, 0.717) is 35.2 Å². The molecule has 0 saturated carbocycles. The number of rotatable bonds is 5. The normalized spacial score (nSPS) is 14.9. The fourth-order valence-corrected chi connectivity index (χ4v) is 4.44. The van der Waals surface area contributed by atoms with Gasteiger partial charge in [0.2, 0.25) is 0 Å². The zero-order valence-corrected chi connectivity index (χ0v) is 17.0. The van der Waals surface area contributed by atoms with E-state index in [9.17, 15) is 13.2 Å². The summed E-state index contributed by atoms with van der Waals surface area (Å²) in [6.45, 7) is 5.14. The van der Waals surface area contributed by atoms with Gasteiger partial charge in [-0.25, -0.2) is 8.42 Å². The van der Waals surface area contributed by atoms with Crippen LogP contribution in [0.1, 0.15) is 30.8 Å². The fraction of sp³-hybridized carbons (Fsp3) is 0.389. The molecule has 1 amide bonds. The van der Waals surface area contributed by atoms with Crippen LogP contribution in [0.25, 0.3) is 0 Å². The van der Waals surface area contributed by atoms with Gasteiger partial charge in [-0.3, -0.25) is 9.52 Å². The van der Waals surface area contributed by atoms with E-state index >= 15 is 0 Å². The van der Waals surface area contributed by atoms with Crippen LogP contribution < -0.4 is 9.46 Å². The average Bonchev–Trinajstić information content (AvgIpc) is 2.96. The minimum Gasteiger partial charge on any atom is -0.495 e. The highest BCUT2D eigenvalue weighted by molar-refractivity contribution is 7.92. The van der Waals surface area contributed by atoms with Crippen molar-refractivity contribution in [3.05, 3.63) is 41.2 Å². The van der Waals surface area contributed by atoms with Crippen molar-refractivity contribution in [3.63, 3.8) is 0 Å². The first kappa shape index (κ1) is 19.6. The number of amides is 1. The summed E-state index contributed by atoms with van der Waals surface area (Å²) >= 11 is 6.06. The van der Waals surface area contributed by atoms with Gasteiger partial charge in [0, 0.05) is 25.3 Å². The number of nitrogens with zero attached hydrogens (tertiary/aromatic N) is 2. The number of carbonyl (C=O) groups is 1. The van der Waals surface area contributed by atoms with Crippen molar-refractivity contribution in [2.45, 2.75) is 37.8 Å². The summed E-state index contributed by atoms with van der Waals surface area (Å²) in [4.78, 5) is 14.6. The first-order valence-corrected chi connectivity index (χ1v) is 10.5. The first-order chi connectivity index (χ1) is 12.7. The second kappa shape index (κ2) is 7.44. The van der Waals surface area contributed by atoms with E-state index in [0.717, 1.165) is 6.42 Å². The van der Waals surface area contributed by atoms with Gasteiger partial charge in [-0.2, -0.15) is 0 Å². The predicted octanol–water partition coefficient (Wildman–Crippen LogP) is 3.21. The van der Waals surface area contributed by atoms with E-state index in [1.165, 1.54) is 25.4 Å². The zero-order valence-electron chi connectivity index (χ0n) is 15.4. The molecule has 0 saturated heterocycles. The molecule has 2 aromatic rings. The number of methoxy groups -OCH3 is 1. The Hall–Kier alpha value is -2.19. The van der Waals surface area contributed by atoms with Crippen molar-refractivity contribution >= 4 is 33.2 Å². The van der Waals surface area contributed by atoms with Crippen LogP contribution >= 0.6 is 11.6 Å². The third kappa shape index (κ3) is 3.91. The van der Waals surface area contributed by atoms with Gasteiger partial charge in [0.05, 0.1) is 17.8 Å². The molecular formula is C18H22ClN3O4S. The Bertz CT molecular complexity index is 969. The van der Waals surface area contributed by atoms with Crippen LogP contribution in [0.5, 0.6) is 5.75 Å². The molecule has 0 unspecified atom stereocenters. The molecule has 7 nitrogen and oxygen atoms in total. The summed E-state index contributed by atoms with van der Waals surface area (Å²) in [6, 6.07) is 6.11. The molecule has 1 aromatic heterocycles. The van der Waals surface area contributed by atoms with Gasteiger partial charge in [0.1, 0.15) is 16.3 Å². The van der Waals surface area contributed by atoms with Gasteiger partial charge in [-0.05, 0) is 44.5 Å². The lowest BCUT2D eigenvalue weighted by Crippen LogP contribution is -2.36. The fourth-order valence-electron chi connectivity index (χ4n) is 3.09. The molecule has 1 aliphatic heterocycles. The highest BCUT2D eigenvalue weighted by Crippen LogP contribution is 2.29. The number of anilines is 1. The number of fused-ring (bicyclic) bond motifs is 1. The number of aryl methyl sites for hydroxylation is 1. The Kier molecular flexibility index (Phi) is 5.39. The van der Waals surface area contributed by atoms with Crippen LogP contribution in [0.2, 0.25) is 5.02 Å². The minimum absolute atomic E-state index is 0.0448. The molecule has 0 fully saturated rings. The molecule has 146 valence electrons. The maximum atomic E-state index is 12.8. The van der Waals surface area contributed by atoms with Crippen molar-refractivity contribution in [1.82, 2.24) is 9.47 Å². The Morgan fingerprint density at radius 2 is 1.96 bits per heavy atom. The topological polar surface area (TPSA) is 80.6 Å². The summed E-state index contributed by atoms with van der Waals surface area (Å²) in [5.41, 5.74) is 0.701. The molecule has 0 atom stereocenters. The molecule has 0 aliphatic carbocycles. The lowest BCUT2D eigenvalue weighted by Gasteiger charge is -2.24. The quantitative estimate of drug-likeness (QED) is 0.819. The molecule has 1 aliphatic rings. The largest absolute Gasteiger partial charge is 0.495 e. The molecule has 1 N–H and O–H groups in total. The van der Waals surface area contributed by atoms with E-state index in [2.05, 4.69) is 4.72 Å². The Labute approximate surface area is 163 Å². The molecule has 9 heteroatoms. The van der Waals surface area contributed by atoms with Crippen LogP contribution in [-0.4, -0.2) is 43.5 Å². The highest BCUT2D eigenvalue weighted by Gasteiger charge is 2.28. The predicted molar refractivity (Wildman–Crippen MR) is 104 cm³/mol. The van der Waals surface area contributed by atoms with Crippen molar-refractivity contribution in [1.29, 1.82) is 0 Å². The smallest absolute Gasteiger partial charge is 0.270 e. The highest BCUT2D eigenvalue weighted by atomic mass is 35.5. The summed E-state index contributed by atoms with van der Waals surface area (Å²) < 4.78 is 34.8. The third-order valence-electron chi connectivity index (χ3n) is 4.49. The minimum atomic E-state index is -3.86. The number of hydrogen-bond donors (Lipinski definition) is 1. The van der Waals surface area contributed by atoms with Crippen molar-refractivity contribution in [2.24, 2.45) is 0 Å². The van der Waals surface area contributed by atoms with Crippen LogP contribution in [0, 0.1) is 0 Å². The maximum Gasteiger partial charge on any atom is 0.270 e. The molecule has 2 heterocycles. The Morgan fingerprint density at radius 1 is 1.22 bits per heavy atom.